The molecule has 0 saturated heterocycles. The lowest BCUT2D eigenvalue weighted by Crippen LogP contribution is -2.37. The Morgan fingerprint density at radius 2 is 0.600 bits per heavy atom. The Bertz CT molecular complexity index is 2180. The van der Waals surface area contributed by atoms with E-state index >= 15 is 0 Å². The fourth-order valence-corrected chi connectivity index (χ4v) is 15.6. The number of benzene rings is 1. The van der Waals surface area contributed by atoms with Gasteiger partial charge in [0.15, 0.2) is 0 Å². The molecule has 0 N–H and O–H groups in total. The van der Waals surface area contributed by atoms with Crippen LogP contribution in [0, 0.1) is 0 Å². The van der Waals surface area contributed by atoms with Gasteiger partial charge in [-0.2, -0.15) is 0 Å². The van der Waals surface area contributed by atoms with Crippen LogP contribution in [0.15, 0.2) is 91.0 Å². The number of hydrogen-bond donors (Lipinski definition) is 0. The molecule has 0 fully saturated rings. The molecule has 0 amide bonds. The summed E-state index contributed by atoms with van der Waals surface area (Å²) in [4.78, 5) is 16.9. The van der Waals surface area contributed by atoms with Crippen LogP contribution in [0.25, 0.3) is 59.9 Å². The number of thiophene rings is 6. The first kappa shape index (κ1) is 45.7. The quantitative estimate of drug-likeness (QED) is 0.0396. The van der Waals surface area contributed by atoms with E-state index in [2.05, 4.69) is 124 Å². The molecule has 6 heterocycles. The fraction of sp³-hybridized carbons (Fsp3) is 0.434. The van der Waals surface area contributed by atoms with Gasteiger partial charge in [0, 0.05) is 58.5 Å². The summed E-state index contributed by atoms with van der Waals surface area (Å²) in [6, 6.07) is 35.7. The Hall–Kier alpha value is -2.36. The highest BCUT2D eigenvalue weighted by Crippen LogP contribution is 2.45. The summed E-state index contributed by atoms with van der Waals surface area (Å²) in [5.74, 6) is 0. The Morgan fingerprint density at radius 3 is 0.950 bits per heavy atom. The first-order valence-corrected chi connectivity index (χ1v) is 31.4. The van der Waals surface area contributed by atoms with Gasteiger partial charge in [0.05, 0.1) is 8.07 Å². The van der Waals surface area contributed by atoms with Gasteiger partial charge in [-0.15, -0.1) is 68.0 Å². The molecule has 0 bridgehead atoms. The topological polar surface area (TPSA) is 0 Å². The molecular formula is C53H66S6Si. The van der Waals surface area contributed by atoms with Crippen LogP contribution in [-0.2, 0) is 12.8 Å². The normalized spacial score (nSPS) is 11.9. The third-order valence-electron chi connectivity index (χ3n) is 11.6. The van der Waals surface area contributed by atoms with Gasteiger partial charge in [0.1, 0.15) is 0 Å². The van der Waals surface area contributed by atoms with Crippen molar-refractivity contribution in [3.05, 3.63) is 101 Å². The molecule has 60 heavy (non-hydrogen) atoms. The monoisotopic (exact) mass is 922 g/mol. The van der Waals surface area contributed by atoms with Crippen LogP contribution in [0.2, 0.25) is 19.6 Å². The second-order valence-electron chi connectivity index (χ2n) is 17.7. The number of unbranched alkanes of at least 4 members (excludes halogenated alkanes) is 14. The zero-order valence-corrected chi connectivity index (χ0v) is 42.7. The van der Waals surface area contributed by atoms with Crippen molar-refractivity contribution in [1.82, 2.24) is 0 Å². The van der Waals surface area contributed by atoms with E-state index in [1.165, 1.54) is 190 Å². The van der Waals surface area contributed by atoms with Crippen LogP contribution in [0.5, 0.6) is 0 Å². The van der Waals surface area contributed by atoms with Crippen LogP contribution in [0.4, 0.5) is 0 Å². The Balaban J connectivity index is 0.983. The predicted molar refractivity (Wildman–Crippen MR) is 282 cm³/mol. The predicted octanol–water partition coefficient (Wildman–Crippen LogP) is 20.0. The van der Waals surface area contributed by atoms with Crippen molar-refractivity contribution >= 4 is 81.3 Å². The van der Waals surface area contributed by atoms with Gasteiger partial charge in [-0.25, -0.2) is 0 Å². The zero-order chi connectivity index (χ0) is 41.7. The second-order valence-corrected chi connectivity index (χ2v) is 29.4. The largest absolute Gasteiger partial charge is 0.139 e. The molecule has 0 aliphatic heterocycles. The van der Waals surface area contributed by atoms with Crippen molar-refractivity contribution in [3.63, 3.8) is 0 Å². The van der Waals surface area contributed by atoms with Gasteiger partial charge >= 0.3 is 0 Å². The van der Waals surface area contributed by atoms with E-state index in [-0.39, 0.29) is 0 Å². The summed E-state index contributed by atoms with van der Waals surface area (Å²) in [5.41, 5.74) is 2.71. The summed E-state index contributed by atoms with van der Waals surface area (Å²) >= 11 is 11.8. The maximum absolute atomic E-state index is 2.49. The molecule has 318 valence electrons. The molecule has 0 aliphatic carbocycles. The third-order valence-corrected chi connectivity index (χ3v) is 21.2. The lowest BCUT2D eigenvalue weighted by atomic mass is 10.1. The van der Waals surface area contributed by atoms with Crippen molar-refractivity contribution < 1.29 is 0 Å². The van der Waals surface area contributed by atoms with Gasteiger partial charge in [0.25, 0.3) is 0 Å². The molecular weight excluding hydrogens is 857 g/mol. The van der Waals surface area contributed by atoms with Crippen LogP contribution in [-0.4, -0.2) is 8.07 Å². The molecule has 0 atom stereocenters. The minimum Gasteiger partial charge on any atom is -0.139 e. The lowest BCUT2D eigenvalue weighted by Gasteiger charge is -2.19. The first-order valence-electron chi connectivity index (χ1n) is 23.0. The highest BCUT2D eigenvalue weighted by Gasteiger charge is 2.21. The third kappa shape index (κ3) is 12.9. The molecule has 0 radical (unpaired) electrons. The SMILES string of the molecule is CCCCCCCCCCc1ccc(-c2ccc(-c3ccc(-c4cc(-c5ccc(-c6ccc(-c7ccc(CCCCCCCCCC)s7)s6)s5)cc([Si](C)(C)C)c4)s3)s2)s1. The van der Waals surface area contributed by atoms with E-state index in [0.29, 0.717) is 0 Å². The average molecular weight is 924 g/mol. The summed E-state index contributed by atoms with van der Waals surface area (Å²) in [6.07, 6.45) is 24.6. The van der Waals surface area contributed by atoms with Gasteiger partial charge in [-0.1, -0.05) is 141 Å². The van der Waals surface area contributed by atoms with Gasteiger partial charge in [-0.05, 0) is 116 Å². The van der Waals surface area contributed by atoms with Crippen molar-refractivity contribution in [2.45, 2.75) is 149 Å². The van der Waals surface area contributed by atoms with Crippen LogP contribution in [0.3, 0.4) is 0 Å². The van der Waals surface area contributed by atoms with Crippen molar-refractivity contribution in [2.75, 3.05) is 0 Å². The van der Waals surface area contributed by atoms with Gasteiger partial charge < -0.3 is 0 Å². The number of hydrogen-bond acceptors (Lipinski definition) is 6. The fourth-order valence-electron chi connectivity index (χ4n) is 7.96. The molecule has 0 spiro atoms. The van der Waals surface area contributed by atoms with E-state index in [1.807, 2.05) is 68.0 Å². The molecule has 0 saturated carbocycles. The van der Waals surface area contributed by atoms with Gasteiger partial charge in [0.2, 0.25) is 0 Å². The van der Waals surface area contributed by atoms with E-state index in [1.54, 1.807) is 0 Å². The smallest absolute Gasteiger partial charge is 0.0776 e. The molecule has 0 aliphatic rings. The van der Waals surface area contributed by atoms with E-state index in [0.717, 1.165) is 0 Å². The molecule has 6 aromatic heterocycles. The minimum absolute atomic E-state index is 1.22. The molecule has 1 aromatic carbocycles. The summed E-state index contributed by atoms with van der Waals surface area (Å²) in [6.45, 7) is 12.0. The van der Waals surface area contributed by atoms with Crippen LogP contribution < -0.4 is 5.19 Å². The summed E-state index contributed by atoms with van der Waals surface area (Å²) < 4.78 is 0. The Morgan fingerprint density at radius 1 is 0.317 bits per heavy atom. The van der Waals surface area contributed by atoms with Crippen molar-refractivity contribution in [2.24, 2.45) is 0 Å². The second kappa shape index (κ2) is 22.8. The highest BCUT2D eigenvalue weighted by molar-refractivity contribution is 7.28. The zero-order valence-electron chi connectivity index (χ0n) is 36.8. The molecule has 0 unspecified atom stereocenters. The Kier molecular flexibility index (Phi) is 17.4. The van der Waals surface area contributed by atoms with Crippen molar-refractivity contribution in [1.29, 1.82) is 0 Å². The minimum atomic E-state index is -1.56. The summed E-state index contributed by atoms with van der Waals surface area (Å²) in [7, 11) is -1.56. The van der Waals surface area contributed by atoms with Crippen LogP contribution >= 0.6 is 68.0 Å². The molecule has 7 aromatic rings. The maximum Gasteiger partial charge on any atom is 0.0776 e. The van der Waals surface area contributed by atoms with Gasteiger partial charge in [-0.3, -0.25) is 0 Å². The molecule has 7 heteroatoms. The highest BCUT2D eigenvalue weighted by atomic mass is 32.1. The summed E-state index contributed by atoms with van der Waals surface area (Å²) in [5, 5.41) is 1.53. The maximum atomic E-state index is 2.49. The standard InChI is InChI=1S/C53H66S6Si/c1-6-8-10-12-14-16-18-20-22-41-24-26-46(54-41)48-32-34-52(58-48)50-30-28-44(56-50)39-36-40(38-43(37-39)60(3,4)5)45-29-31-51(57-45)53-35-33-49(59-53)47-27-25-42(55-47)23-21-19-17-15-13-11-9-7-2/h24-38H,6-23H2,1-5H3. The van der Waals surface area contributed by atoms with Crippen LogP contribution in [0.1, 0.15) is 126 Å². The van der Waals surface area contributed by atoms with E-state index in [4.69, 9.17) is 0 Å². The number of rotatable bonds is 25. The molecule has 0 nitrogen and oxygen atoms in total. The Labute approximate surface area is 387 Å². The van der Waals surface area contributed by atoms with E-state index < -0.39 is 8.07 Å². The van der Waals surface area contributed by atoms with E-state index in [9.17, 15) is 0 Å². The average Bonchev–Trinajstić information content (AvgIpc) is 4.10. The number of aryl methyl sites for hydroxylation is 2. The molecule has 7 rings (SSSR count). The first-order chi connectivity index (χ1) is 29.3. The van der Waals surface area contributed by atoms with Crippen molar-refractivity contribution in [3.8, 4) is 59.9 Å². The lowest BCUT2D eigenvalue weighted by molar-refractivity contribution is 0.576.